The third-order valence-corrected chi connectivity index (χ3v) is 2.57. The van der Waals surface area contributed by atoms with Crippen molar-refractivity contribution >= 4 is 11.7 Å². The molecule has 1 amide bonds. The number of anilines is 1. The number of carbonyl (C=O) groups is 1. The lowest BCUT2D eigenvalue weighted by Gasteiger charge is -2.21. The Hall–Kier alpha value is -1.72. The molecule has 0 aliphatic carbocycles. The molecule has 100 valence electrons. The summed E-state index contributed by atoms with van der Waals surface area (Å²) in [5.74, 6) is -0.392. The van der Waals surface area contributed by atoms with E-state index in [1.54, 1.807) is 4.90 Å². The van der Waals surface area contributed by atoms with E-state index >= 15 is 0 Å². The molecule has 0 aromatic carbocycles. The Morgan fingerprint density at radius 1 is 1.39 bits per heavy atom. The van der Waals surface area contributed by atoms with E-state index in [0.29, 0.717) is 25.2 Å². The molecule has 0 saturated heterocycles. The second-order valence-corrected chi connectivity index (χ2v) is 3.78. The van der Waals surface area contributed by atoms with Gasteiger partial charge in [-0.3, -0.25) is 4.79 Å². The minimum absolute atomic E-state index is 0.0986. The summed E-state index contributed by atoms with van der Waals surface area (Å²) >= 11 is 0. The number of hydrogen-bond acceptors (Lipinski definition) is 4. The van der Waals surface area contributed by atoms with Crippen molar-refractivity contribution < 1.29 is 9.18 Å². The van der Waals surface area contributed by atoms with Gasteiger partial charge in [0, 0.05) is 13.1 Å². The number of carbonyl (C=O) groups excluding carboxylic acids is 1. The largest absolute Gasteiger partial charge is 0.355 e. The summed E-state index contributed by atoms with van der Waals surface area (Å²) in [7, 11) is 0. The smallest absolute Gasteiger partial charge is 0.239 e. The third kappa shape index (κ3) is 3.38. The lowest BCUT2D eigenvalue weighted by atomic mass is 10.3. The molecule has 0 saturated carbocycles. The van der Waals surface area contributed by atoms with Crippen LogP contribution in [0.3, 0.4) is 0 Å². The standard InChI is InChI=1S/C12H19FN4O/c1-4-9-11(13)12(16-8-15-9)17(6-3)7-10(18)14-5-2/h8H,4-7H2,1-3H3,(H,14,18). The van der Waals surface area contributed by atoms with Gasteiger partial charge in [-0.25, -0.2) is 14.4 Å². The van der Waals surface area contributed by atoms with Crippen molar-refractivity contribution in [1.29, 1.82) is 0 Å². The summed E-state index contributed by atoms with van der Waals surface area (Å²) in [4.78, 5) is 20.9. The molecule has 0 bridgehead atoms. The second kappa shape index (κ2) is 6.88. The van der Waals surface area contributed by atoms with Crippen LogP contribution in [-0.2, 0) is 11.2 Å². The number of nitrogens with one attached hydrogen (secondary N) is 1. The number of hydrogen-bond donors (Lipinski definition) is 1. The molecule has 5 nitrogen and oxygen atoms in total. The molecular formula is C12H19FN4O. The SMILES string of the molecule is CCNC(=O)CN(CC)c1ncnc(CC)c1F. The van der Waals surface area contributed by atoms with Crippen molar-refractivity contribution in [3.63, 3.8) is 0 Å². The van der Waals surface area contributed by atoms with Gasteiger partial charge in [-0.1, -0.05) is 6.92 Å². The van der Waals surface area contributed by atoms with E-state index < -0.39 is 5.82 Å². The van der Waals surface area contributed by atoms with Crippen molar-refractivity contribution in [2.75, 3.05) is 24.5 Å². The van der Waals surface area contributed by atoms with E-state index in [0.717, 1.165) is 0 Å². The lowest BCUT2D eigenvalue weighted by Crippen LogP contribution is -2.38. The van der Waals surface area contributed by atoms with E-state index in [1.165, 1.54) is 6.33 Å². The Labute approximate surface area is 106 Å². The maximum Gasteiger partial charge on any atom is 0.239 e. The summed E-state index contributed by atoms with van der Waals surface area (Å²) in [5, 5.41) is 2.68. The van der Waals surface area contributed by atoms with Crippen LogP contribution in [0.5, 0.6) is 0 Å². The van der Waals surface area contributed by atoms with Crippen LogP contribution in [-0.4, -0.2) is 35.5 Å². The molecule has 0 spiro atoms. The van der Waals surface area contributed by atoms with Crippen LogP contribution in [0.4, 0.5) is 10.2 Å². The molecular weight excluding hydrogens is 235 g/mol. The van der Waals surface area contributed by atoms with E-state index in [1.807, 2.05) is 20.8 Å². The van der Waals surface area contributed by atoms with Crippen LogP contribution in [0.15, 0.2) is 6.33 Å². The van der Waals surface area contributed by atoms with Gasteiger partial charge in [0.25, 0.3) is 0 Å². The first-order valence-corrected chi connectivity index (χ1v) is 6.14. The molecule has 18 heavy (non-hydrogen) atoms. The predicted octanol–water partition coefficient (Wildman–Crippen LogP) is 1.14. The van der Waals surface area contributed by atoms with E-state index in [2.05, 4.69) is 15.3 Å². The molecule has 0 unspecified atom stereocenters. The van der Waals surface area contributed by atoms with Gasteiger partial charge in [0.05, 0.1) is 12.2 Å². The molecule has 1 heterocycles. The zero-order chi connectivity index (χ0) is 13.5. The molecule has 1 rings (SSSR count). The minimum atomic E-state index is -0.439. The molecule has 1 N–H and O–H groups in total. The van der Waals surface area contributed by atoms with Gasteiger partial charge in [0.1, 0.15) is 6.33 Å². The van der Waals surface area contributed by atoms with Crippen LogP contribution in [0.1, 0.15) is 26.5 Å². The molecule has 0 fully saturated rings. The fourth-order valence-electron chi connectivity index (χ4n) is 1.63. The molecule has 1 aromatic rings. The number of likely N-dealkylation sites (N-methyl/N-ethyl adjacent to an activating group) is 2. The quantitative estimate of drug-likeness (QED) is 0.827. The zero-order valence-electron chi connectivity index (χ0n) is 11.0. The maximum atomic E-state index is 14.0. The van der Waals surface area contributed by atoms with Crippen LogP contribution in [0.2, 0.25) is 0 Å². The first-order valence-electron chi connectivity index (χ1n) is 6.14. The first-order chi connectivity index (χ1) is 8.63. The van der Waals surface area contributed by atoms with Crippen LogP contribution in [0.25, 0.3) is 0 Å². The van der Waals surface area contributed by atoms with Gasteiger partial charge in [0.2, 0.25) is 5.91 Å². The monoisotopic (exact) mass is 254 g/mol. The Morgan fingerprint density at radius 2 is 2.11 bits per heavy atom. The Morgan fingerprint density at radius 3 is 2.67 bits per heavy atom. The second-order valence-electron chi connectivity index (χ2n) is 3.78. The summed E-state index contributed by atoms with van der Waals surface area (Å²) < 4.78 is 14.0. The van der Waals surface area contributed by atoms with Crippen LogP contribution >= 0.6 is 0 Å². The lowest BCUT2D eigenvalue weighted by molar-refractivity contribution is -0.119. The molecule has 6 heteroatoms. The molecule has 0 atom stereocenters. The number of aromatic nitrogens is 2. The number of aryl methyl sites for hydroxylation is 1. The van der Waals surface area contributed by atoms with Crippen molar-refractivity contribution in [1.82, 2.24) is 15.3 Å². The van der Waals surface area contributed by atoms with Gasteiger partial charge < -0.3 is 10.2 Å². The van der Waals surface area contributed by atoms with E-state index in [9.17, 15) is 9.18 Å². The highest BCUT2D eigenvalue weighted by Crippen LogP contribution is 2.17. The predicted molar refractivity (Wildman–Crippen MR) is 67.9 cm³/mol. The Balaban J connectivity index is 2.91. The number of amides is 1. The fraction of sp³-hybridized carbons (Fsp3) is 0.583. The highest BCUT2D eigenvalue weighted by Gasteiger charge is 2.17. The average molecular weight is 254 g/mol. The molecule has 0 aliphatic heterocycles. The summed E-state index contributed by atoms with van der Waals surface area (Å²) in [6, 6.07) is 0. The first kappa shape index (κ1) is 14.3. The van der Waals surface area contributed by atoms with Crippen molar-refractivity contribution in [2.45, 2.75) is 27.2 Å². The summed E-state index contributed by atoms with van der Waals surface area (Å²) in [6.45, 7) is 6.69. The molecule has 0 radical (unpaired) electrons. The summed E-state index contributed by atoms with van der Waals surface area (Å²) in [5.41, 5.74) is 0.370. The van der Waals surface area contributed by atoms with Crippen molar-refractivity contribution in [2.24, 2.45) is 0 Å². The maximum absolute atomic E-state index is 14.0. The van der Waals surface area contributed by atoms with Crippen LogP contribution < -0.4 is 10.2 Å². The number of rotatable bonds is 6. The number of halogens is 1. The van der Waals surface area contributed by atoms with Crippen molar-refractivity contribution in [3.8, 4) is 0 Å². The molecule has 0 aliphatic rings. The third-order valence-electron chi connectivity index (χ3n) is 2.57. The Kier molecular flexibility index (Phi) is 5.48. The van der Waals surface area contributed by atoms with Gasteiger partial charge in [-0.15, -0.1) is 0 Å². The van der Waals surface area contributed by atoms with Gasteiger partial charge in [-0.2, -0.15) is 0 Å². The van der Waals surface area contributed by atoms with E-state index in [-0.39, 0.29) is 18.3 Å². The van der Waals surface area contributed by atoms with E-state index in [4.69, 9.17) is 0 Å². The van der Waals surface area contributed by atoms with Gasteiger partial charge in [0.15, 0.2) is 11.6 Å². The molecule has 1 aromatic heterocycles. The zero-order valence-corrected chi connectivity index (χ0v) is 11.0. The van der Waals surface area contributed by atoms with Gasteiger partial charge in [-0.05, 0) is 20.3 Å². The highest BCUT2D eigenvalue weighted by molar-refractivity contribution is 5.80. The summed E-state index contributed by atoms with van der Waals surface area (Å²) in [6.07, 6.45) is 1.83. The highest BCUT2D eigenvalue weighted by atomic mass is 19.1. The van der Waals surface area contributed by atoms with Crippen molar-refractivity contribution in [3.05, 3.63) is 17.8 Å². The fourth-order valence-corrected chi connectivity index (χ4v) is 1.63. The number of nitrogens with zero attached hydrogens (tertiary/aromatic N) is 3. The Bertz CT molecular complexity index is 411. The minimum Gasteiger partial charge on any atom is -0.355 e. The topological polar surface area (TPSA) is 58.1 Å². The van der Waals surface area contributed by atoms with Gasteiger partial charge >= 0.3 is 0 Å². The van der Waals surface area contributed by atoms with Crippen LogP contribution in [0, 0.1) is 5.82 Å². The normalized spacial score (nSPS) is 10.2. The average Bonchev–Trinajstić information content (AvgIpc) is 2.37.